The number of amides is 1. The molecule has 0 saturated carbocycles. The Hall–Kier alpha value is -3.18. The zero-order valence-corrected chi connectivity index (χ0v) is 17.2. The number of nitrogens with one attached hydrogen (secondary N) is 1. The molecule has 146 valence electrons. The van der Waals surface area contributed by atoms with Crippen LogP contribution in [0.4, 0.5) is 0 Å². The van der Waals surface area contributed by atoms with Crippen molar-refractivity contribution in [1.29, 1.82) is 5.26 Å². The lowest BCUT2D eigenvalue weighted by atomic mass is 10.1. The standard InChI is InChI=1S/C20H19BrN2O5/c1-26-15-5-4-13(17(9-15)27-2)11-23-20(25)14(10-22)6-12-7-16(21)19(24)18(8-12)28-3/h4-9,24H,11H2,1-3H3,(H,23,25)/b14-6+. The van der Waals surface area contributed by atoms with E-state index < -0.39 is 5.91 Å². The van der Waals surface area contributed by atoms with Crippen molar-refractivity contribution >= 4 is 27.9 Å². The van der Waals surface area contributed by atoms with Gasteiger partial charge in [0.15, 0.2) is 11.5 Å². The Bertz CT molecular complexity index is 950. The molecule has 0 aliphatic carbocycles. The smallest absolute Gasteiger partial charge is 0.262 e. The summed E-state index contributed by atoms with van der Waals surface area (Å²) in [6.07, 6.45) is 1.41. The molecule has 2 aromatic carbocycles. The molecule has 1 amide bonds. The number of ether oxygens (including phenoxy) is 3. The Morgan fingerprint density at radius 1 is 1.18 bits per heavy atom. The number of carbonyl (C=O) groups is 1. The highest BCUT2D eigenvalue weighted by Gasteiger charge is 2.13. The van der Waals surface area contributed by atoms with Gasteiger partial charge in [0.1, 0.15) is 23.1 Å². The van der Waals surface area contributed by atoms with Crippen LogP contribution in [0, 0.1) is 11.3 Å². The van der Waals surface area contributed by atoms with Crippen LogP contribution in [0.15, 0.2) is 40.4 Å². The van der Waals surface area contributed by atoms with Gasteiger partial charge in [-0.05, 0) is 51.8 Å². The number of hydrogen-bond acceptors (Lipinski definition) is 6. The van der Waals surface area contributed by atoms with Crippen molar-refractivity contribution in [2.45, 2.75) is 6.54 Å². The number of carbonyl (C=O) groups excluding carboxylic acids is 1. The Morgan fingerprint density at radius 2 is 1.89 bits per heavy atom. The van der Waals surface area contributed by atoms with Crippen LogP contribution >= 0.6 is 15.9 Å². The highest BCUT2D eigenvalue weighted by Crippen LogP contribution is 2.35. The minimum atomic E-state index is -0.538. The first-order valence-corrected chi connectivity index (χ1v) is 8.90. The number of nitrogens with zero attached hydrogens (tertiary/aromatic N) is 1. The van der Waals surface area contributed by atoms with E-state index in [9.17, 15) is 15.2 Å². The summed E-state index contributed by atoms with van der Waals surface area (Å²) in [7, 11) is 4.49. The predicted octanol–water partition coefficient (Wildman–Crippen LogP) is 3.40. The molecule has 0 bridgehead atoms. The molecular formula is C20H19BrN2O5. The number of nitriles is 1. The van der Waals surface area contributed by atoms with Gasteiger partial charge in [-0.15, -0.1) is 0 Å². The maximum atomic E-state index is 12.4. The van der Waals surface area contributed by atoms with Gasteiger partial charge in [0.25, 0.3) is 5.91 Å². The predicted molar refractivity (Wildman–Crippen MR) is 107 cm³/mol. The topological polar surface area (TPSA) is 101 Å². The lowest BCUT2D eigenvalue weighted by molar-refractivity contribution is -0.117. The summed E-state index contributed by atoms with van der Waals surface area (Å²) in [5, 5.41) is 21.9. The van der Waals surface area contributed by atoms with E-state index >= 15 is 0 Å². The number of phenolic OH excluding ortho intramolecular Hbond substituents is 1. The van der Waals surface area contributed by atoms with Crippen LogP contribution in [0.3, 0.4) is 0 Å². The number of aromatic hydroxyl groups is 1. The van der Waals surface area contributed by atoms with E-state index in [-0.39, 0.29) is 23.6 Å². The second kappa shape index (κ2) is 9.67. The third-order valence-corrected chi connectivity index (χ3v) is 4.48. The van der Waals surface area contributed by atoms with Crippen LogP contribution in [0.1, 0.15) is 11.1 Å². The second-order valence-corrected chi connectivity index (χ2v) is 6.44. The van der Waals surface area contributed by atoms with E-state index in [1.165, 1.54) is 26.4 Å². The minimum absolute atomic E-state index is 0.0609. The van der Waals surface area contributed by atoms with Gasteiger partial charge < -0.3 is 24.6 Å². The first-order valence-electron chi connectivity index (χ1n) is 8.10. The number of hydrogen-bond donors (Lipinski definition) is 2. The van der Waals surface area contributed by atoms with Gasteiger partial charge in [0.2, 0.25) is 0 Å². The summed E-state index contributed by atoms with van der Waals surface area (Å²) in [6, 6.07) is 10.2. The quantitative estimate of drug-likeness (QED) is 0.499. The molecular weight excluding hydrogens is 428 g/mol. The van der Waals surface area contributed by atoms with E-state index in [0.29, 0.717) is 21.5 Å². The third kappa shape index (κ3) is 4.96. The summed E-state index contributed by atoms with van der Waals surface area (Å²) >= 11 is 3.21. The van der Waals surface area contributed by atoms with Gasteiger partial charge in [-0.3, -0.25) is 4.79 Å². The molecule has 2 rings (SSSR count). The van der Waals surface area contributed by atoms with Crippen molar-refractivity contribution in [3.8, 4) is 29.1 Å². The van der Waals surface area contributed by atoms with Crippen molar-refractivity contribution in [3.63, 3.8) is 0 Å². The maximum absolute atomic E-state index is 12.4. The Kier molecular flexibility index (Phi) is 7.29. The van der Waals surface area contributed by atoms with Crippen LogP contribution in [-0.4, -0.2) is 32.3 Å². The molecule has 2 N–H and O–H groups in total. The van der Waals surface area contributed by atoms with Crippen LogP contribution in [0.25, 0.3) is 6.08 Å². The molecule has 2 aromatic rings. The highest BCUT2D eigenvalue weighted by molar-refractivity contribution is 9.10. The van der Waals surface area contributed by atoms with Gasteiger partial charge in [0, 0.05) is 18.2 Å². The Labute approximate surface area is 171 Å². The molecule has 0 spiro atoms. The summed E-state index contributed by atoms with van der Waals surface area (Å²) in [5.74, 6) is 0.824. The summed E-state index contributed by atoms with van der Waals surface area (Å²) in [4.78, 5) is 12.4. The summed E-state index contributed by atoms with van der Waals surface area (Å²) in [5.41, 5.74) is 1.17. The van der Waals surface area contributed by atoms with E-state index in [2.05, 4.69) is 21.2 Å². The molecule has 0 saturated heterocycles. The van der Waals surface area contributed by atoms with Crippen LogP contribution < -0.4 is 19.5 Å². The van der Waals surface area contributed by atoms with Gasteiger partial charge in [-0.2, -0.15) is 5.26 Å². The minimum Gasteiger partial charge on any atom is -0.503 e. The fourth-order valence-electron chi connectivity index (χ4n) is 2.42. The number of methoxy groups -OCH3 is 3. The molecule has 28 heavy (non-hydrogen) atoms. The SMILES string of the molecule is COc1ccc(CNC(=O)/C(C#N)=C/c2cc(Br)c(O)c(OC)c2)c(OC)c1. The van der Waals surface area contributed by atoms with E-state index in [1.54, 1.807) is 31.4 Å². The van der Waals surface area contributed by atoms with Gasteiger partial charge in [-0.25, -0.2) is 0 Å². The fourth-order valence-corrected chi connectivity index (χ4v) is 2.88. The van der Waals surface area contributed by atoms with Gasteiger partial charge >= 0.3 is 0 Å². The molecule has 8 heteroatoms. The van der Waals surface area contributed by atoms with Crippen molar-refractivity contribution in [2.24, 2.45) is 0 Å². The molecule has 0 aromatic heterocycles. The maximum Gasteiger partial charge on any atom is 0.262 e. The average molecular weight is 447 g/mol. The number of rotatable bonds is 7. The van der Waals surface area contributed by atoms with Crippen molar-refractivity contribution < 1.29 is 24.1 Å². The third-order valence-electron chi connectivity index (χ3n) is 3.88. The zero-order chi connectivity index (χ0) is 20.7. The first kappa shape index (κ1) is 21.1. The lowest BCUT2D eigenvalue weighted by Gasteiger charge is -2.11. The Morgan fingerprint density at radius 3 is 2.50 bits per heavy atom. The fraction of sp³-hybridized carbons (Fsp3) is 0.200. The molecule has 0 aliphatic rings. The molecule has 0 unspecified atom stereocenters. The van der Waals surface area contributed by atoms with Crippen molar-refractivity contribution in [3.05, 3.63) is 51.5 Å². The number of phenols is 1. The number of halogens is 1. The van der Waals surface area contributed by atoms with E-state index in [1.807, 2.05) is 6.07 Å². The second-order valence-electron chi connectivity index (χ2n) is 5.58. The molecule has 7 nitrogen and oxygen atoms in total. The average Bonchev–Trinajstić information content (AvgIpc) is 2.72. The first-order chi connectivity index (χ1) is 13.4. The number of benzene rings is 2. The summed E-state index contributed by atoms with van der Waals surface area (Å²) in [6.45, 7) is 0.174. The van der Waals surface area contributed by atoms with E-state index in [4.69, 9.17) is 14.2 Å². The van der Waals surface area contributed by atoms with Crippen LogP contribution in [0.2, 0.25) is 0 Å². The highest BCUT2D eigenvalue weighted by atomic mass is 79.9. The lowest BCUT2D eigenvalue weighted by Crippen LogP contribution is -2.24. The largest absolute Gasteiger partial charge is 0.503 e. The van der Waals surface area contributed by atoms with Crippen LogP contribution in [0.5, 0.6) is 23.0 Å². The van der Waals surface area contributed by atoms with Crippen LogP contribution in [-0.2, 0) is 11.3 Å². The molecule has 0 fully saturated rings. The summed E-state index contributed by atoms with van der Waals surface area (Å²) < 4.78 is 15.9. The van der Waals surface area contributed by atoms with Crippen molar-refractivity contribution in [2.75, 3.05) is 21.3 Å². The normalized spacial score (nSPS) is 10.8. The molecule has 0 radical (unpaired) electrons. The molecule has 0 atom stereocenters. The van der Waals surface area contributed by atoms with E-state index in [0.717, 1.165) is 5.56 Å². The molecule has 0 aliphatic heterocycles. The Balaban J connectivity index is 2.20. The molecule has 0 heterocycles. The zero-order valence-electron chi connectivity index (χ0n) is 15.6. The van der Waals surface area contributed by atoms with Gasteiger partial charge in [0.05, 0.1) is 25.8 Å². The monoisotopic (exact) mass is 446 g/mol. The van der Waals surface area contributed by atoms with Gasteiger partial charge in [-0.1, -0.05) is 0 Å². The van der Waals surface area contributed by atoms with Crippen molar-refractivity contribution in [1.82, 2.24) is 5.32 Å².